The molecule has 1 aliphatic carbocycles. The van der Waals surface area contributed by atoms with Crippen LogP contribution in [0.4, 0.5) is 0 Å². The lowest BCUT2D eigenvalue weighted by atomic mass is 9.48. The van der Waals surface area contributed by atoms with Crippen LogP contribution in [-0.4, -0.2) is 42.8 Å². The van der Waals surface area contributed by atoms with Crippen LogP contribution >= 0.6 is 0 Å². The van der Waals surface area contributed by atoms with Crippen molar-refractivity contribution in [3.05, 3.63) is 0 Å². The standard InChI is InChI=1S/C15H28N2O/c1-10-7-17(8-11(10)2)9-15(16)12-5-6-18-13(12)14(15,3)4/h10-13H,5-9,16H2,1-4H3. The maximum Gasteiger partial charge on any atom is 0.0691 e. The van der Waals surface area contributed by atoms with Gasteiger partial charge in [0.15, 0.2) is 0 Å². The summed E-state index contributed by atoms with van der Waals surface area (Å²) in [6.45, 7) is 13.7. The van der Waals surface area contributed by atoms with E-state index in [1.165, 1.54) is 13.1 Å². The predicted octanol–water partition coefficient (Wildman–Crippen LogP) is 1.72. The fourth-order valence-electron chi connectivity index (χ4n) is 4.54. The molecule has 18 heavy (non-hydrogen) atoms. The molecule has 104 valence electrons. The smallest absolute Gasteiger partial charge is 0.0691 e. The molecule has 3 fully saturated rings. The molecular formula is C15H28N2O. The van der Waals surface area contributed by atoms with Gasteiger partial charge in [0.05, 0.1) is 6.10 Å². The molecule has 0 aromatic rings. The molecule has 0 aromatic carbocycles. The zero-order chi connectivity index (χ0) is 13.1. The van der Waals surface area contributed by atoms with Crippen molar-refractivity contribution in [1.82, 2.24) is 4.90 Å². The van der Waals surface area contributed by atoms with Crippen LogP contribution in [0.2, 0.25) is 0 Å². The minimum atomic E-state index is -0.0437. The maximum atomic E-state index is 6.81. The number of nitrogens with two attached hydrogens (primary N) is 1. The Morgan fingerprint density at radius 3 is 2.44 bits per heavy atom. The number of fused-ring (bicyclic) bond motifs is 1. The SMILES string of the molecule is CC1CN(CC2(N)C3CCOC3C2(C)C)CC1C. The monoisotopic (exact) mass is 252 g/mol. The number of nitrogens with zero attached hydrogens (tertiary/aromatic N) is 1. The Hall–Kier alpha value is -0.120. The van der Waals surface area contributed by atoms with E-state index in [2.05, 4.69) is 32.6 Å². The van der Waals surface area contributed by atoms with Crippen LogP contribution in [0.15, 0.2) is 0 Å². The summed E-state index contributed by atoms with van der Waals surface area (Å²) < 4.78 is 5.87. The van der Waals surface area contributed by atoms with E-state index < -0.39 is 0 Å². The normalized spacial score (nSPS) is 51.2. The van der Waals surface area contributed by atoms with Gasteiger partial charge in [-0.15, -0.1) is 0 Å². The van der Waals surface area contributed by atoms with Gasteiger partial charge in [-0.2, -0.15) is 0 Å². The number of likely N-dealkylation sites (tertiary alicyclic amines) is 1. The highest BCUT2D eigenvalue weighted by molar-refractivity contribution is 5.21. The number of hydrogen-bond acceptors (Lipinski definition) is 3. The summed E-state index contributed by atoms with van der Waals surface area (Å²) in [5.74, 6) is 2.21. The molecule has 3 rings (SSSR count). The van der Waals surface area contributed by atoms with Gasteiger partial charge in [-0.25, -0.2) is 0 Å². The van der Waals surface area contributed by atoms with Crippen molar-refractivity contribution in [2.24, 2.45) is 28.9 Å². The van der Waals surface area contributed by atoms with Crippen molar-refractivity contribution >= 4 is 0 Å². The van der Waals surface area contributed by atoms with Crippen molar-refractivity contribution in [2.75, 3.05) is 26.2 Å². The number of ether oxygens (including phenoxy) is 1. The van der Waals surface area contributed by atoms with Gasteiger partial charge in [0.25, 0.3) is 0 Å². The fourth-order valence-corrected chi connectivity index (χ4v) is 4.54. The van der Waals surface area contributed by atoms with Crippen LogP contribution < -0.4 is 5.73 Å². The first-order chi connectivity index (χ1) is 8.36. The molecule has 5 atom stereocenters. The van der Waals surface area contributed by atoms with Gasteiger partial charge in [0.2, 0.25) is 0 Å². The highest BCUT2D eigenvalue weighted by Gasteiger charge is 2.67. The molecule has 0 spiro atoms. The van der Waals surface area contributed by atoms with Crippen molar-refractivity contribution in [3.8, 4) is 0 Å². The fraction of sp³-hybridized carbons (Fsp3) is 1.00. The molecule has 5 unspecified atom stereocenters. The van der Waals surface area contributed by atoms with E-state index in [1.54, 1.807) is 0 Å². The molecule has 0 bridgehead atoms. The Labute approximate surface area is 111 Å². The average molecular weight is 252 g/mol. The lowest BCUT2D eigenvalue weighted by Gasteiger charge is -2.63. The average Bonchev–Trinajstić information content (AvgIpc) is 2.86. The molecule has 2 N–H and O–H groups in total. The largest absolute Gasteiger partial charge is 0.377 e. The predicted molar refractivity (Wildman–Crippen MR) is 73.3 cm³/mol. The first-order valence-corrected chi connectivity index (χ1v) is 7.49. The van der Waals surface area contributed by atoms with Crippen molar-refractivity contribution < 1.29 is 4.74 Å². The molecule has 3 heteroatoms. The van der Waals surface area contributed by atoms with Gasteiger partial charge in [0.1, 0.15) is 0 Å². The van der Waals surface area contributed by atoms with Crippen molar-refractivity contribution in [2.45, 2.75) is 45.8 Å². The second kappa shape index (κ2) is 3.94. The summed E-state index contributed by atoms with van der Waals surface area (Å²) in [6.07, 6.45) is 1.56. The van der Waals surface area contributed by atoms with Crippen molar-refractivity contribution in [1.29, 1.82) is 0 Å². The summed E-state index contributed by atoms with van der Waals surface area (Å²) in [5, 5.41) is 0. The summed E-state index contributed by atoms with van der Waals surface area (Å²) in [7, 11) is 0. The molecular weight excluding hydrogens is 224 g/mol. The Balaban J connectivity index is 1.72. The van der Waals surface area contributed by atoms with Crippen LogP contribution in [0.3, 0.4) is 0 Å². The third-order valence-electron chi connectivity index (χ3n) is 6.21. The van der Waals surface area contributed by atoms with E-state index in [9.17, 15) is 0 Å². The lowest BCUT2D eigenvalue weighted by Crippen LogP contribution is -2.78. The Bertz CT molecular complexity index is 333. The van der Waals surface area contributed by atoms with E-state index >= 15 is 0 Å². The zero-order valence-corrected chi connectivity index (χ0v) is 12.3. The number of rotatable bonds is 2. The van der Waals surface area contributed by atoms with E-state index in [4.69, 9.17) is 10.5 Å². The van der Waals surface area contributed by atoms with E-state index in [0.717, 1.165) is 31.4 Å². The quantitative estimate of drug-likeness (QED) is 0.813. The summed E-state index contributed by atoms with van der Waals surface area (Å²) in [6, 6.07) is 0. The summed E-state index contributed by atoms with van der Waals surface area (Å²) in [4.78, 5) is 2.59. The van der Waals surface area contributed by atoms with E-state index in [1.807, 2.05) is 0 Å². The molecule has 3 nitrogen and oxygen atoms in total. The van der Waals surface area contributed by atoms with Crippen LogP contribution in [-0.2, 0) is 4.74 Å². The van der Waals surface area contributed by atoms with Gasteiger partial charge < -0.3 is 15.4 Å². The zero-order valence-electron chi connectivity index (χ0n) is 12.3. The highest BCUT2D eigenvalue weighted by Crippen LogP contribution is 2.58. The first-order valence-electron chi connectivity index (χ1n) is 7.49. The van der Waals surface area contributed by atoms with Gasteiger partial charge in [0, 0.05) is 43.1 Å². The molecule has 3 aliphatic rings. The van der Waals surface area contributed by atoms with Gasteiger partial charge in [-0.05, 0) is 18.3 Å². The molecule has 2 heterocycles. The van der Waals surface area contributed by atoms with E-state index in [-0.39, 0.29) is 11.0 Å². The molecule has 2 saturated heterocycles. The van der Waals surface area contributed by atoms with Crippen LogP contribution in [0.25, 0.3) is 0 Å². The molecule has 1 saturated carbocycles. The van der Waals surface area contributed by atoms with Gasteiger partial charge >= 0.3 is 0 Å². The Kier molecular flexibility index (Phi) is 2.82. The Morgan fingerprint density at radius 1 is 1.22 bits per heavy atom. The van der Waals surface area contributed by atoms with Crippen LogP contribution in [0, 0.1) is 23.2 Å². The topological polar surface area (TPSA) is 38.5 Å². The second-order valence-corrected chi connectivity index (χ2v) is 7.60. The first kappa shape index (κ1) is 12.9. The van der Waals surface area contributed by atoms with Crippen LogP contribution in [0.5, 0.6) is 0 Å². The molecule has 0 aromatic heterocycles. The number of hydrogen-bond donors (Lipinski definition) is 1. The van der Waals surface area contributed by atoms with E-state index in [0.29, 0.717) is 12.0 Å². The molecule has 0 radical (unpaired) electrons. The highest BCUT2D eigenvalue weighted by atomic mass is 16.5. The minimum absolute atomic E-state index is 0.0437. The van der Waals surface area contributed by atoms with Gasteiger partial charge in [-0.1, -0.05) is 27.7 Å². The molecule has 0 amide bonds. The third-order valence-corrected chi connectivity index (χ3v) is 6.21. The van der Waals surface area contributed by atoms with Crippen LogP contribution in [0.1, 0.15) is 34.1 Å². The van der Waals surface area contributed by atoms with Gasteiger partial charge in [-0.3, -0.25) is 0 Å². The lowest BCUT2D eigenvalue weighted by molar-refractivity contribution is -0.162. The minimum Gasteiger partial charge on any atom is -0.377 e. The summed E-state index contributed by atoms with van der Waals surface area (Å²) >= 11 is 0. The maximum absolute atomic E-state index is 6.81. The van der Waals surface area contributed by atoms with Crippen molar-refractivity contribution in [3.63, 3.8) is 0 Å². The molecule has 2 aliphatic heterocycles. The second-order valence-electron chi connectivity index (χ2n) is 7.60. The Morgan fingerprint density at radius 2 is 1.83 bits per heavy atom. The third kappa shape index (κ3) is 1.53. The summed E-state index contributed by atoms with van der Waals surface area (Å²) in [5.41, 5.74) is 6.90.